The number of rotatable bonds is 3. The van der Waals surface area contributed by atoms with Crippen LogP contribution in [0.2, 0.25) is 0 Å². The van der Waals surface area contributed by atoms with Crippen LogP contribution in [-0.2, 0) is 14.3 Å². The van der Waals surface area contributed by atoms with Crippen molar-refractivity contribution in [1.29, 1.82) is 0 Å². The number of carbonyl (C=O) groups excluding carboxylic acids is 2. The van der Waals surface area contributed by atoms with Crippen LogP contribution in [0.4, 0.5) is 13.6 Å². The molecule has 0 heterocycles. The smallest absolute Gasteiger partial charge is 0.408 e. The van der Waals surface area contributed by atoms with Crippen molar-refractivity contribution in [3.63, 3.8) is 0 Å². The summed E-state index contributed by atoms with van der Waals surface area (Å²) in [6, 6.07) is 0. The average Bonchev–Trinajstić information content (AvgIpc) is 2.23. The number of hydrogen-bond acceptors (Lipinski definition) is 4. The fourth-order valence-corrected chi connectivity index (χ4v) is 2.53. The Bertz CT molecular complexity index is 406. The highest BCUT2D eigenvalue weighted by Gasteiger charge is 2.48. The number of esters is 1. The molecule has 0 aromatic rings. The minimum absolute atomic E-state index is 0.222. The monoisotopic (exact) mass is 307 g/mol. The first-order chi connectivity index (χ1) is 9.47. The molecule has 21 heavy (non-hydrogen) atoms. The topological polar surface area (TPSA) is 64.6 Å². The van der Waals surface area contributed by atoms with E-state index in [1.165, 1.54) is 7.11 Å². The van der Waals surface area contributed by atoms with Gasteiger partial charge in [-0.05, 0) is 33.6 Å². The molecule has 1 amide bonds. The van der Waals surface area contributed by atoms with E-state index >= 15 is 0 Å². The molecule has 0 unspecified atom stereocenters. The van der Waals surface area contributed by atoms with Crippen LogP contribution in [0.1, 0.15) is 52.9 Å². The van der Waals surface area contributed by atoms with Gasteiger partial charge in [0.1, 0.15) is 5.60 Å². The predicted octanol–water partition coefficient (Wildman–Crippen LogP) is 3.02. The lowest BCUT2D eigenvalue weighted by Crippen LogP contribution is -2.56. The zero-order chi connectivity index (χ0) is 16.3. The van der Waals surface area contributed by atoms with Crippen LogP contribution in [0.15, 0.2) is 0 Å². The van der Waals surface area contributed by atoms with Crippen LogP contribution in [0, 0.1) is 0 Å². The van der Waals surface area contributed by atoms with Gasteiger partial charge in [-0.3, -0.25) is 4.79 Å². The number of carbonyl (C=O) groups is 2. The summed E-state index contributed by atoms with van der Waals surface area (Å²) >= 11 is 0. The Kier molecular flexibility index (Phi) is 5.17. The number of alkyl carbamates (subject to hydrolysis) is 1. The van der Waals surface area contributed by atoms with Gasteiger partial charge in [-0.15, -0.1) is 0 Å². The number of ether oxygens (including phenoxy) is 2. The van der Waals surface area contributed by atoms with Crippen molar-refractivity contribution in [3.8, 4) is 0 Å². The molecule has 0 radical (unpaired) electrons. The molecule has 0 aromatic carbocycles. The summed E-state index contributed by atoms with van der Waals surface area (Å²) in [5.74, 6) is -3.55. The number of halogens is 2. The van der Waals surface area contributed by atoms with E-state index in [-0.39, 0.29) is 25.7 Å². The molecule has 5 nitrogen and oxygen atoms in total. The molecular formula is C14H23F2NO4. The Morgan fingerprint density at radius 3 is 2.33 bits per heavy atom. The summed E-state index contributed by atoms with van der Waals surface area (Å²) in [5.41, 5.74) is -2.06. The minimum atomic E-state index is -2.92. The van der Waals surface area contributed by atoms with Crippen LogP contribution in [0.3, 0.4) is 0 Å². The Labute approximate surface area is 123 Å². The molecule has 0 saturated heterocycles. The molecule has 1 saturated carbocycles. The third-order valence-electron chi connectivity index (χ3n) is 3.27. The van der Waals surface area contributed by atoms with Crippen LogP contribution in [0.25, 0.3) is 0 Å². The molecule has 1 rings (SSSR count). The Hall–Kier alpha value is -1.40. The zero-order valence-electron chi connectivity index (χ0n) is 12.9. The molecule has 122 valence electrons. The molecule has 1 atom stereocenters. The van der Waals surface area contributed by atoms with Gasteiger partial charge in [0.25, 0.3) is 0 Å². The highest BCUT2D eigenvalue weighted by Crippen LogP contribution is 2.41. The van der Waals surface area contributed by atoms with Crippen LogP contribution < -0.4 is 5.32 Å². The van der Waals surface area contributed by atoms with Crippen molar-refractivity contribution in [3.05, 3.63) is 0 Å². The lowest BCUT2D eigenvalue weighted by Gasteiger charge is -2.40. The molecular weight excluding hydrogens is 284 g/mol. The number of hydrogen-bond donors (Lipinski definition) is 1. The van der Waals surface area contributed by atoms with E-state index in [1.54, 1.807) is 20.8 Å². The van der Waals surface area contributed by atoms with E-state index in [0.29, 0.717) is 0 Å². The summed E-state index contributed by atoms with van der Waals surface area (Å²) in [7, 11) is 1.18. The van der Waals surface area contributed by atoms with Crippen molar-refractivity contribution in [2.24, 2.45) is 0 Å². The molecule has 7 heteroatoms. The second-order valence-corrected chi connectivity index (χ2v) is 6.55. The summed E-state index contributed by atoms with van der Waals surface area (Å²) < 4.78 is 37.1. The molecule has 0 aromatic heterocycles. The normalized spacial score (nSPS) is 25.0. The van der Waals surface area contributed by atoms with E-state index in [2.05, 4.69) is 10.1 Å². The summed E-state index contributed by atoms with van der Waals surface area (Å²) in [6.45, 7) is 5.03. The van der Waals surface area contributed by atoms with E-state index in [9.17, 15) is 18.4 Å². The van der Waals surface area contributed by atoms with Crippen molar-refractivity contribution < 1.29 is 27.8 Å². The maximum atomic E-state index is 13.7. The van der Waals surface area contributed by atoms with Gasteiger partial charge in [0.15, 0.2) is 0 Å². The number of nitrogens with one attached hydrogen (secondary N) is 1. The minimum Gasteiger partial charge on any atom is -0.469 e. The molecule has 1 N–H and O–H groups in total. The van der Waals surface area contributed by atoms with Crippen molar-refractivity contribution in [1.82, 2.24) is 5.32 Å². The highest BCUT2D eigenvalue weighted by atomic mass is 19.3. The van der Waals surface area contributed by atoms with Crippen LogP contribution in [-0.4, -0.2) is 36.2 Å². The number of methoxy groups -OCH3 is 1. The fraction of sp³-hybridized carbons (Fsp3) is 0.857. The second-order valence-electron chi connectivity index (χ2n) is 6.55. The lowest BCUT2D eigenvalue weighted by atomic mass is 9.77. The molecule has 1 aliphatic carbocycles. The van der Waals surface area contributed by atoms with Gasteiger partial charge in [0.05, 0.1) is 19.1 Å². The first-order valence-electron chi connectivity index (χ1n) is 6.93. The average molecular weight is 307 g/mol. The zero-order valence-corrected chi connectivity index (χ0v) is 12.9. The van der Waals surface area contributed by atoms with Crippen molar-refractivity contribution in [2.75, 3.05) is 7.11 Å². The Morgan fingerprint density at radius 2 is 1.86 bits per heavy atom. The van der Waals surface area contributed by atoms with Gasteiger partial charge >= 0.3 is 12.1 Å². The summed E-state index contributed by atoms with van der Waals surface area (Å²) in [6.07, 6.45) is -1.42. The highest BCUT2D eigenvalue weighted by molar-refractivity contribution is 5.74. The summed E-state index contributed by atoms with van der Waals surface area (Å²) in [5, 5.41) is 2.47. The first kappa shape index (κ1) is 17.7. The first-order valence-corrected chi connectivity index (χ1v) is 6.93. The van der Waals surface area contributed by atoms with Gasteiger partial charge in [-0.25, -0.2) is 13.6 Å². The second kappa shape index (κ2) is 6.15. The largest absolute Gasteiger partial charge is 0.469 e. The van der Waals surface area contributed by atoms with Gasteiger partial charge < -0.3 is 14.8 Å². The maximum absolute atomic E-state index is 13.7. The maximum Gasteiger partial charge on any atom is 0.408 e. The number of amides is 1. The molecule has 0 aliphatic heterocycles. The quantitative estimate of drug-likeness (QED) is 0.814. The fourth-order valence-electron chi connectivity index (χ4n) is 2.53. The predicted molar refractivity (Wildman–Crippen MR) is 72.1 cm³/mol. The van der Waals surface area contributed by atoms with E-state index in [1.807, 2.05) is 0 Å². The van der Waals surface area contributed by atoms with Crippen LogP contribution >= 0.6 is 0 Å². The van der Waals surface area contributed by atoms with Crippen molar-refractivity contribution in [2.45, 2.75) is 69.9 Å². The van der Waals surface area contributed by atoms with Crippen molar-refractivity contribution >= 4 is 12.1 Å². The van der Waals surface area contributed by atoms with Gasteiger partial charge in [-0.1, -0.05) is 0 Å². The standard InChI is InChI=1S/C14H23F2NO4/c1-12(2,3)21-11(19)17-13(8-10(18)20-4)6-5-7-14(15,16)9-13/h5-9H2,1-4H3,(H,17,19)/t13-/m0/s1. The summed E-state index contributed by atoms with van der Waals surface area (Å²) in [4.78, 5) is 23.4. The molecule has 1 aliphatic rings. The lowest BCUT2D eigenvalue weighted by molar-refractivity contribution is -0.144. The SMILES string of the molecule is COC(=O)C[C@@]1(NC(=O)OC(C)(C)C)CCCC(F)(F)C1. The molecule has 0 spiro atoms. The van der Waals surface area contributed by atoms with E-state index in [0.717, 1.165) is 0 Å². The molecule has 0 bridgehead atoms. The Morgan fingerprint density at radius 1 is 1.24 bits per heavy atom. The third-order valence-corrected chi connectivity index (χ3v) is 3.27. The third kappa shape index (κ3) is 5.85. The Balaban J connectivity index is 2.87. The number of alkyl halides is 2. The van der Waals surface area contributed by atoms with E-state index < -0.39 is 35.5 Å². The van der Waals surface area contributed by atoms with Crippen LogP contribution in [0.5, 0.6) is 0 Å². The van der Waals surface area contributed by atoms with Gasteiger partial charge in [-0.2, -0.15) is 0 Å². The van der Waals surface area contributed by atoms with Gasteiger partial charge in [0, 0.05) is 12.8 Å². The van der Waals surface area contributed by atoms with E-state index in [4.69, 9.17) is 4.74 Å². The molecule has 1 fully saturated rings. The van der Waals surface area contributed by atoms with Gasteiger partial charge in [0.2, 0.25) is 5.92 Å².